The van der Waals surface area contributed by atoms with Crippen LogP contribution in [0.3, 0.4) is 0 Å². The first kappa shape index (κ1) is 14.3. The largest absolute Gasteiger partial charge is 0.481 e. The summed E-state index contributed by atoms with van der Waals surface area (Å²) in [5.41, 5.74) is 1.63. The van der Waals surface area contributed by atoms with E-state index in [-0.39, 0.29) is 18.0 Å². The van der Waals surface area contributed by atoms with Gasteiger partial charge in [0.1, 0.15) is 0 Å². The van der Waals surface area contributed by atoms with Crippen LogP contribution in [0.2, 0.25) is 0 Å². The molecule has 1 aromatic heterocycles. The minimum atomic E-state index is -0.737. The Morgan fingerprint density at radius 3 is 2.60 bits per heavy atom. The average Bonchev–Trinajstić information content (AvgIpc) is 2.42. The first-order valence-corrected chi connectivity index (χ1v) is 6.77. The molecule has 0 aromatic carbocycles. The second kappa shape index (κ2) is 6.36. The number of nitrogens with zero attached hydrogens (tertiary/aromatic N) is 1. The number of aromatic nitrogens is 1. The van der Waals surface area contributed by atoms with Crippen LogP contribution in [-0.4, -0.2) is 28.1 Å². The third kappa shape index (κ3) is 3.69. The zero-order chi connectivity index (χ0) is 14.5. The van der Waals surface area contributed by atoms with Crippen molar-refractivity contribution in [2.24, 2.45) is 5.92 Å². The molecule has 0 unspecified atom stereocenters. The van der Waals surface area contributed by atoms with Crippen molar-refractivity contribution in [1.29, 1.82) is 0 Å². The molecule has 1 fully saturated rings. The van der Waals surface area contributed by atoms with E-state index in [2.05, 4.69) is 15.6 Å². The van der Waals surface area contributed by atoms with Crippen LogP contribution in [0.15, 0.2) is 18.5 Å². The molecule has 1 aliphatic carbocycles. The number of anilines is 1. The quantitative estimate of drug-likeness (QED) is 0.789. The number of carboxylic acids is 1. The fourth-order valence-corrected chi connectivity index (χ4v) is 2.42. The number of pyridine rings is 1. The zero-order valence-electron chi connectivity index (χ0n) is 11.4. The van der Waals surface area contributed by atoms with Gasteiger partial charge in [-0.05, 0) is 44.2 Å². The number of amides is 2. The Hall–Kier alpha value is -2.11. The van der Waals surface area contributed by atoms with Crippen LogP contribution in [0.1, 0.15) is 31.2 Å². The van der Waals surface area contributed by atoms with Crippen molar-refractivity contribution in [1.82, 2.24) is 10.3 Å². The second-order valence-electron chi connectivity index (χ2n) is 5.18. The van der Waals surface area contributed by atoms with Crippen molar-refractivity contribution in [2.45, 2.75) is 38.6 Å². The lowest BCUT2D eigenvalue weighted by Crippen LogP contribution is -2.41. The summed E-state index contributed by atoms with van der Waals surface area (Å²) in [6.07, 6.45) is 5.92. The van der Waals surface area contributed by atoms with Gasteiger partial charge in [-0.3, -0.25) is 9.78 Å². The molecule has 2 rings (SSSR count). The molecule has 2 amide bonds. The van der Waals surface area contributed by atoms with E-state index < -0.39 is 5.97 Å². The SMILES string of the molecule is Cc1ccncc1NC(=O)NC1CCC(C(=O)O)CC1. The fourth-order valence-electron chi connectivity index (χ4n) is 2.42. The Morgan fingerprint density at radius 2 is 2.00 bits per heavy atom. The monoisotopic (exact) mass is 277 g/mol. The zero-order valence-corrected chi connectivity index (χ0v) is 11.4. The van der Waals surface area contributed by atoms with Gasteiger partial charge in [-0.25, -0.2) is 4.79 Å². The van der Waals surface area contributed by atoms with Crippen LogP contribution in [0.4, 0.5) is 10.5 Å². The van der Waals surface area contributed by atoms with Crippen LogP contribution >= 0.6 is 0 Å². The van der Waals surface area contributed by atoms with Crippen molar-refractivity contribution in [2.75, 3.05) is 5.32 Å². The predicted molar refractivity (Wildman–Crippen MR) is 74.5 cm³/mol. The van der Waals surface area contributed by atoms with Crippen molar-refractivity contribution in [3.05, 3.63) is 24.0 Å². The maximum Gasteiger partial charge on any atom is 0.319 e. The summed E-state index contributed by atoms with van der Waals surface area (Å²) in [6.45, 7) is 1.90. The fraction of sp³-hybridized carbons (Fsp3) is 0.500. The molecule has 0 radical (unpaired) electrons. The smallest absolute Gasteiger partial charge is 0.319 e. The molecule has 6 heteroatoms. The molecule has 0 saturated heterocycles. The van der Waals surface area contributed by atoms with Gasteiger partial charge in [0.25, 0.3) is 0 Å². The number of nitrogens with one attached hydrogen (secondary N) is 2. The third-order valence-electron chi connectivity index (χ3n) is 3.70. The summed E-state index contributed by atoms with van der Waals surface area (Å²) >= 11 is 0. The van der Waals surface area contributed by atoms with E-state index in [0.717, 1.165) is 5.56 Å². The number of rotatable bonds is 3. The average molecular weight is 277 g/mol. The van der Waals surface area contributed by atoms with Crippen molar-refractivity contribution in [3.63, 3.8) is 0 Å². The molecule has 108 valence electrons. The van der Waals surface area contributed by atoms with E-state index in [1.807, 2.05) is 13.0 Å². The van der Waals surface area contributed by atoms with Crippen LogP contribution in [0, 0.1) is 12.8 Å². The Kier molecular flexibility index (Phi) is 4.55. The maximum absolute atomic E-state index is 11.9. The van der Waals surface area contributed by atoms with E-state index >= 15 is 0 Å². The standard InChI is InChI=1S/C14H19N3O3/c1-9-6-7-15-8-12(9)17-14(20)16-11-4-2-10(3-5-11)13(18)19/h6-8,10-11H,2-5H2,1H3,(H,18,19)(H2,16,17,20). The first-order valence-electron chi connectivity index (χ1n) is 6.77. The molecule has 6 nitrogen and oxygen atoms in total. The summed E-state index contributed by atoms with van der Waals surface area (Å²) in [6, 6.07) is 1.61. The van der Waals surface area contributed by atoms with Crippen molar-refractivity contribution in [3.8, 4) is 0 Å². The van der Waals surface area contributed by atoms with Gasteiger partial charge >= 0.3 is 12.0 Å². The van der Waals surface area contributed by atoms with E-state index in [4.69, 9.17) is 5.11 Å². The molecule has 0 spiro atoms. The van der Waals surface area contributed by atoms with E-state index in [0.29, 0.717) is 31.4 Å². The molecular formula is C14H19N3O3. The van der Waals surface area contributed by atoms with Gasteiger partial charge in [0.2, 0.25) is 0 Å². The molecule has 1 heterocycles. The van der Waals surface area contributed by atoms with Crippen LogP contribution < -0.4 is 10.6 Å². The van der Waals surface area contributed by atoms with Crippen molar-refractivity contribution >= 4 is 17.7 Å². The number of carbonyl (C=O) groups excluding carboxylic acids is 1. The van der Waals surface area contributed by atoms with Crippen LogP contribution in [-0.2, 0) is 4.79 Å². The minimum Gasteiger partial charge on any atom is -0.481 e. The highest BCUT2D eigenvalue weighted by atomic mass is 16.4. The number of urea groups is 1. The minimum absolute atomic E-state index is 0.0441. The third-order valence-corrected chi connectivity index (χ3v) is 3.70. The van der Waals surface area contributed by atoms with Crippen LogP contribution in [0.5, 0.6) is 0 Å². The molecule has 0 aliphatic heterocycles. The van der Waals surface area contributed by atoms with Gasteiger partial charge < -0.3 is 15.7 Å². The molecular weight excluding hydrogens is 258 g/mol. The van der Waals surface area contributed by atoms with E-state index in [1.165, 1.54) is 0 Å². The number of carbonyl (C=O) groups is 2. The molecule has 1 saturated carbocycles. The highest BCUT2D eigenvalue weighted by Gasteiger charge is 2.26. The lowest BCUT2D eigenvalue weighted by molar-refractivity contribution is -0.142. The Bertz CT molecular complexity index is 496. The van der Waals surface area contributed by atoms with E-state index in [9.17, 15) is 9.59 Å². The topological polar surface area (TPSA) is 91.3 Å². The number of aryl methyl sites for hydroxylation is 1. The highest BCUT2D eigenvalue weighted by Crippen LogP contribution is 2.24. The lowest BCUT2D eigenvalue weighted by Gasteiger charge is -2.26. The number of carboxylic acid groups (broad SMARTS) is 1. The summed E-state index contributed by atoms with van der Waals surface area (Å²) < 4.78 is 0. The molecule has 3 N–H and O–H groups in total. The molecule has 1 aromatic rings. The number of aliphatic carboxylic acids is 1. The normalized spacial score (nSPS) is 22.1. The summed E-state index contributed by atoms with van der Waals surface area (Å²) in [4.78, 5) is 26.7. The second-order valence-corrected chi connectivity index (χ2v) is 5.18. The predicted octanol–water partition coefficient (Wildman–Crippen LogP) is 2.15. The van der Waals surface area contributed by atoms with Gasteiger partial charge in [0.05, 0.1) is 17.8 Å². The number of hydrogen-bond donors (Lipinski definition) is 3. The van der Waals surface area contributed by atoms with Gasteiger partial charge in [-0.15, -0.1) is 0 Å². The maximum atomic E-state index is 11.9. The number of hydrogen-bond acceptors (Lipinski definition) is 3. The van der Waals surface area contributed by atoms with Gasteiger partial charge in [-0.2, -0.15) is 0 Å². The summed E-state index contributed by atoms with van der Waals surface area (Å²) in [7, 11) is 0. The molecule has 1 aliphatic rings. The summed E-state index contributed by atoms with van der Waals surface area (Å²) in [5.74, 6) is -1.00. The molecule has 0 atom stereocenters. The molecule has 20 heavy (non-hydrogen) atoms. The summed E-state index contributed by atoms with van der Waals surface area (Å²) in [5, 5.41) is 14.6. The van der Waals surface area contributed by atoms with E-state index in [1.54, 1.807) is 12.4 Å². The highest BCUT2D eigenvalue weighted by molar-refractivity contribution is 5.90. The Balaban J connectivity index is 1.81. The van der Waals surface area contributed by atoms with Gasteiger partial charge in [0, 0.05) is 12.2 Å². The van der Waals surface area contributed by atoms with Gasteiger partial charge in [0.15, 0.2) is 0 Å². The van der Waals surface area contributed by atoms with Crippen LogP contribution in [0.25, 0.3) is 0 Å². The van der Waals surface area contributed by atoms with Gasteiger partial charge in [-0.1, -0.05) is 0 Å². The Labute approximate surface area is 117 Å². The lowest BCUT2D eigenvalue weighted by atomic mass is 9.86. The van der Waals surface area contributed by atoms with Crippen molar-refractivity contribution < 1.29 is 14.7 Å². The molecule has 0 bridgehead atoms. The first-order chi connectivity index (χ1) is 9.56. The Morgan fingerprint density at radius 1 is 1.30 bits per heavy atom.